The number of fused-ring (bicyclic) bond motifs is 1. The second-order valence-corrected chi connectivity index (χ2v) is 9.57. The van der Waals surface area contributed by atoms with E-state index in [-0.39, 0.29) is 23.9 Å². The van der Waals surface area contributed by atoms with Crippen molar-refractivity contribution >= 4 is 23.2 Å². The first-order valence-corrected chi connectivity index (χ1v) is 11.2. The van der Waals surface area contributed by atoms with E-state index in [4.69, 9.17) is 21.1 Å². The number of phenolic OH excluding ortho intramolecular Hbond substituents is 1. The SMILES string of the molecule is CC(=O)Nc1ccc(O)cc1OC[C@](C)(O)CN1CCC2(CC1)Cc1cc(Cl)ccc1O2. The molecule has 1 atom stereocenters. The van der Waals surface area contributed by atoms with Crippen molar-refractivity contribution in [1.29, 1.82) is 0 Å². The predicted molar refractivity (Wildman–Crippen MR) is 123 cm³/mol. The molecule has 7 nitrogen and oxygen atoms in total. The molecule has 1 saturated heterocycles. The third-order valence-electron chi connectivity index (χ3n) is 6.01. The highest BCUT2D eigenvalue weighted by Crippen LogP contribution is 2.42. The summed E-state index contributed by atoms with van der Waals surface area (Å²) in [5.41, 5.74) is 0.300. The van der Waals surface area contributed by atoms with Crippen LogP contribution in [0.2, 0.25) is 5.02 Å². The fraction of sp³-hybridized carbons (Fsp3) is 0.458. The van der Waals surface area contributed by atoms with Crippen LogP contribution in [0.15, 0.2) is 36.4 Å². The largest absolute Gasteiger partial charge is 0.508 e. The van der Waals surface area contributed by atoms with Crippen LogP contribution in [0.1, 0.15) is 32.3 Å². The second-order valence-electron chi connectivity index (χ2n) is 9.14. The molecule has 0 aliphatic carbocycles. The summed E-state index contributed by atoms with van der Waals surface area (Å²) in [5.74, 6) is 1.01. The van der Waals surface area contributed by atoms with E-state index in [0.29, 0.717) is 18.0 Å². The number of anilines is 1. The Labute approximate surface area is 192 Å². The van der Waals surface area contributed by atoms with Crippen molar-refractivity contribution in [2.45, 2.75) is 44.3 Å². The number of aliphatic hydroxyl groups is 1. The van der Waals surface area contributed by atoms with Gasteiger partial charge in [0.15, 0.2) is 0 Å². The monoisotopic (exact) mass is 460 g/mol. The zero-order chi connectivity index (χ0) is 22.9. The number of amides is 1. The molecule has 0 saturated carbocycles. The summed E-state index contributed by atoms with van der Waals surface area (Å²) in [7, 11) is 0. The van der Waals surface area contributed by atoms with Gasteiger partial charge in [0, 0.05) is 56.9 Å². The molecular weight excluding hydrogens is 432 g/mol. The Morgan fingerprint density at radius 3 is 2.75 bits per heavy atom. The quantitative estimate of drug-likeness (QED) is 0.570. The summed E-state index contributed by atoms with van der Waals surface area (Å²) in [4.78, 5) is 13.6. The Kier molecular flexibility index (Phi) is 6.25. The summed E-state index contributed by atoms with van der Waals surface area (Å²) >= 11 is 6.13. The lowest BCUT2D eigenvalue weighted by Crippen LogP contribution is -2.52. The number of likely N-dealkylation sites (tertiary alicyclic amines) is 1. The number of nitrogens with one attached hydrogen (secondary N) is 1. The lowest BCUT2D eigenvalue weighted by atomic mass is 9.86. The number of carbonyl (C=O) groups is 1. The Bertz CT molecular complexity index is 1000. The average Bonchev–Trinajstić information content (AvgIpc) is 3.06. The molecule has 1 fully saturated rings. The molecule has 1 amide bonds. The number of carbonyl (C=O) groups excluding carboxylic acids is 1. The highest BCUT2D eigenvalue weighted by Gasteiger charge is 2.42. The summed E-state index contributed by atoms with van der Waals surface area (Å²) in [6, 6.07) is 10.2. The van der Waals surface area contributed by atoms with Crippen molar-refractivity contribution in [3.05, 3.63) is 47.0 Å². The molecule has 2 aromatic rings. The molecule has 8 heteroatoms. The van der Waals surface area contributed by atoms with Crippen molar-refractivity contribution in [1.82, 2.24) is 4.90 Å². The van der Waals surface area contributed by atoms with Crippen LogP contribution in [0.5, 0.6) is 17.2 Å². The van der Waals surface area contributed by atoms with Gasteiger partial charge in [-0.1, -0.05) is 11.6 Å². The van der Waals surface area contributed by atoms with Crippen molar-refractivity contribution in [3.63, 3.8) is 0 Å². The molecule has 0 bridgehead atoms. The number of piperidine rings is 1. The first kappa shape index (κ1) is 22.7. The number of phenols is 1. The molecule has 4 rings (SSSR count). The highest BCUT2D eigenvalue weighted by molar-refractivity contribution is 6.30. The van der Waals surface area contributed by atoms with E-state index in [1.54, 1.807) is 13.0 Å². The number of ether oxygens (including phenoxy) is 2. The van der Waals surface area contributed by atoms with Crippen LogP contribution in [-0.4, -0.2) is 58.5 Å². The smallest absolute Gasteiger partial charge is 0.221 e. The van der Waals surface area contributed by atoms with Crippen molar-refractivity contribution in [3.8, 4) is 17.2 Å². The molecule has 1 spiro atoms. The number of nitrogens with zero attached hydrogens (tertiary/aromatic N) is 1. The van der Waals surface area contributed by atoms with Gasteiger partial charge in [0.2, 0.25) is 5.91 Å². The van der Waals surface area contributed by atoms with E-state index in [2.05, 4.69) is 10.2 Å². The number of halogens is 1. The number of hydrogen-bond acceptors (Lipinski definition) is 6. The van der Waals surface area contributed by atoms with E-state index in [9.17, 15) is 15.0 Å². The van der Waals surface area contributed by atoms with Gasteiger partial charge in [0.05, 0.1) is 5.69 Å². The molecule has 2 aliphatic heterocycles. The van der Waals surface area contributed by atoms with Crippen molar-refractivity contribution < 1.29 is 24.5 Å². The van der Waals surface area contributed by atoms with E-state index < -0.39 is 5.60 Å². The Morgan fingerprint density at radius 1 is 1.28 bits per heavy atom. The molecule has 2 aromatic carbocycles. The van der Waals surface area contributed by atoms with Crippen LogP contribution in [0, 0.1) is 0 Å². The van der Waals surface area contributed by atoms with E-state index in [0.717, 1.165) is 48.7 Å². The maximum atomic E-state index is 11.4. The minimum Gasteiger partial charge on any atom is -0.508 e. The Morgan fingerprint density at radius 2 is 2.03 bits per heavy atom. The van der Waals surface area contributed by atoms with Gasteiger partial charge in [0.1, 0.15) is 35.1 Å². The first-order chi connectivity index (χ1) is 15.1. The number of hydrogen-bond donors (Lipinski definition) is 3. The Balaban J connectivity index is 1.32. The van der Waals surface area contributed by atoms with Gasteiger partial charge in [-0.3, -0.25) is 4.79 Å². The third kappa shape index (κ3) is 5.28. The van der Waals surface area contributed by atoms with Crippen LogP contribution in [0.4, 0.5) is 5.69 Å². The van der Waals surface area contributed by atoms with Gasteiger partial charge in [-0.05, 0) is 42.8 Å². The maximum Gasteiger partial charge on any atom is 0.221 e. The van der Waals surface area contributed by atoms with E-state index in [1.807, 2.05) is 18.2 Å². The summed E-state index contributed by atoms with van der Waals surface area (Å²) in [6.07, 6.45) is 2.60. The Hall–Kier alpha value is -2.48. The zero-order valence-electron chi connectivity index (χ0n) is 18.4. The summed E-state index contributed by atoms with van der Waals surface area (Å²) in [5, 5.41) is 24.1. The molecule has 172 valence electrons. The van der Waals surface area contributed by atoms with Gasteiger partial charge < -0.3 is 29.9 Å². The van der Waals surface area contributed by atoms with Gasteiger partial charge in [0.25, 0.3) is 0 Å². The summed E-state index contributed by atoms with van der Waals surface area (Å²) in [6.45, 7) is 5.20. The average molecular weight is 461 g/mol. The molecule has 32 heavy (non-hydrogen) atoms. The number of aromatic hydroxyl groups is 1. The molecule has 0 unspecified atom stereocenters. The standard InChI is InChI=1S/C24H29ClN2O5/c1-16(28)26-20-5-4-19(29)12-22(20)31-15-23(2,30)14-27-9-7-24(8-10-27)13-17-11-18(25)3-6-21(17)32-24/h3-6,11-12,29-30H,7-10,13-15H2,1-2H3,(H,26,28)/t23-/m1/s1. The second kappa shape index (κ2) is 8.81. The van der Waals surface area contributed by atoms with Crippen molar-refractivity contribution in [2.75, 3.05) is 31.6 Å². The predicted octanol–water partition coefficient (Wildman–Crippen LogP) is 3.60. The molecule has 3 N–H and O–H groups in total. The molecule has 0 radical (unpaired) electrons. The zero-order valence-corrected chi connectivity index (χ0v) is 19.1. The van der Waals surface area contributed by atoms with Crippen LogP contribution in [0.25, 0.3) is 0 Å². The molecule has 2 heterocycles. The normalized spacial score (nSPS) is 19.1. The topological polar surface area (TPSA) is 91.3 Å². The highest BCUT2D eigenvalue weighted by atomic mass is 35.5. The van der Waals surface area contributed by atoms with Gasteiger partial charge in [-0.2, -0.15) is 0 Å². The van der Waals surface area contributed by atoms with Crippen LogP contribution in [0.3, 0.4) is 0 Å². The number of rotatable bonds is 6. The van der Waals surface area contributed by atoms with Crippen LogP contribution < -0.4 is 14.8 Å². The number of benzene rings is 2. The number of β-amino-alcohol motifs (C(OH)–C–C–N with tert-alkyl or cyclic N) is 1. The lowest BCUT2D eigenvalue weighted by Gasteiger charge is -2.41. The van der Waals surface area contributed by atoms with E-state index >= 15 is 0 Å². The maximum absolute atomic E-state index is 11.4. The van der Waals surface area contributed by atoms with E-state index in [1.165, 1.54) is 19.1 Å². The minimum atomic E-state index is -1.11. The first-order valence-electron chi connectivity index (χ1n) is 10.8. The summed E-state index contributed by atoms with van der Waals surface area (Å²) < 4.78 is 12.1. The lowest BCUT2D eigenvalue weighted by molar-refractivity contribution is -0.114. The van der Waals surface area contributed by atoms with Crippen molar-refractivity contribution in [2.24, 2.45) is 0 Å². The fourth-order valence-electron chi connectivity index (χ4n) is 4.48. The fourth-order valence-corrected chi connectivity index (χ4v) is 4.68. The van der Waals surface area contributed by atoms with Gasteiger partial charge in [-0.15, -0.1) is 0 Å². The molecule has 0 aromatic heterocycles. The third-order valence-corrected chi connectivity index (χ3v) is 6.24. The van der Waals surface area contributed by atoms with Gasteiger partial charge >= 0.3 is 0 Å². The molecular formula is C24H29ClN2O5. The van der Waals surface area contributed by atoms with Crippen LogP contribution in [-0.2, 0) is 11.2 Å². The van der Waals surface area contributed by atoms with Crippen LogP contribution >= 0.6 is 11.6 Å². The minimum absolute atomic E-state index is 0.0190. The van der Waals surface area contributed by atoms with Gasteiger partial charge in [-0.25, -0.2) is 0 Å². The molecule has 2 aliphatic rings.